The molecule has 0 fully saturated rings. The van der Waals surface area contributed by atoms with E-state index in [2.05, 4.69) is 10.3 Å². The zero-order chi connectivity index (χ0) is 8.97. The van der Waals surface area contributed by atoms with Crippen molar-refractivity contribution >= 4 is 0 Å². The van der Waals surface area contributed by atoms with Gasteiger partial charge in [0.25, 0.3) is 0 Å². The highest BCUT2D eigenvalue weighted by molar-refractivity contribution is 5.19. The molecule has 1 rings (SSSR count). The monoisotopic (exact) mass is 166 g/mol. The van der Waals surface area contributed by atoms with Crippen LogP contribution < -0.4 is 5.32 Å². The smallest absolute Gasteiger partial charge is 0.0776 e. The molecule has 0 unspecified atom stereocenters. The van der Waals surface area contributed by atoms with Crippen molar-refractivity contribution in [3.63, 3.8) is 0 Å². The number of nitrogens with zero attached hydrogens (tertiary/aromatic N) is 1. The SMILES string of the molecule is CNCc1cncc([C@@H](C)O)c1. The maximum atomic E-state index is 9.26. The molecule has 3 heteroatoms. The molecule has 1 atom stereocenters. The zero-order valence-corrected chi connectivity index (χ0v) is 7.41. The lowest BCUT2D eigenvalue weighted by atomic mass is 10.1. The van der Waals surface area contributed by atoms with Gasteiger partial charge in [0, 0.05) is 18.9 Å². The van der Waals surface area contributed by atoms with Crippen LogP contribution in [0.15, 0.2) is 18.5 Å². The molecule has 0 aliphatic carbocycles. The Bertz CT molecular complexity index is 248. The molecule has 2 N–H and O–H groups in total. The quantitative estimate of drug-likeness (QED) is 0.700. The number of aromatic nitrogens is 1. The maximum absolute atomic E-state index is 9.26. The molecule has 3 nitrogen and oxygen atoms in total. The summed E-state index contributed by atoms with van der Waals surface area (Å²) in [6.45, 7) is 2.52. The number of rotatable bonds is 3. The number of aliphatic hydroxyl groups excluding tert-OH is 1. The van der Waals surface area contributed by atoms with Crippen molar-refractivity contribution in [1.82, 2.24) is 10.3 Å². The molecule has 0 spiro atoms. The maximum Gasteiger partial charge on any atom is 0.0776 e. The lowest BCUT2D eigenvalue weighted by Gasteiger charge is -2.05. The molecule has 0 aliphatic rings. The van der Waals surface area contributed by atoms with E-state index in [1.54, 1.807) is 19.3 Å². The van der Waals surface area contributed by atoms with Crippen LogP contribution >= 0.6 is 0 Å². The van der Waals surface area contributed by atoms with Gasteiger partial charge in [0.1, 0.15) is 0 Å². The van der Waals surface area contributed by atoms with Gasteiger partial charge in [-0.25, -0.2) is 0 Å². The summed E-state index contributed by atoms with van der Waals surface area (Å²) in [5, 5.41) is 12.3. The van der Waals surface area contributed by atoms with Crippen molar-refractivity contribution in [2.24, 2.45) is 0 Å². The van der Waals surface area contributed by atoms with E-state index in [-0.39, 0.29) is 0 Å². The molecular weight excluding hydrogens is 152 g/mol. The fraction of sp³-hybridized carbons (Fsp3) is 0.444. The summed E-state index contributed by atoms with van der Waals surface area (Å²) < 4.78 is 0. The van der Waals surface area contributed by atoms with Crippen LogP contribution in [0.4, 0.5) is 0 Å². The molecule has 0 bridgehead atoms. The first-order valence-corrected chi connectivity index (χ1v) is 4.00. The van der Waals surface area contributed by atoms with E-state index in [4.69, 9.17) is 0 Å². The van der Waals surface area contributed by atoms with Crippen molar-refractivity contribution < 1.29 is 5.11 Å². The van der Waals surface area contributed by atoms with Gasteiger partial charge in [0.2, 0.25) is 0 Å². The zero-order valence-electron chi connectivity index (χ0n) is 7.41. The van der Waals surface area contributed by atoms with Gasteiger partial charge in [-0.05, 0) is 31.2 Å². The number of aliphatic hydroxyl groups is 1. The predicted octanol–water partition coefficient (Wildman–Crippen LogP) is 0.854. The molecule has 0 aromatic carbocycles. The van der Waals surface area contributed by atoms with Crippen LogP contribution in [-0.4, -0.2) is 17.1 Å². The van der Waals surface area contributed by atoms with Gasteiger partial charge < -0.3 is 10.4 Å². The van der Waals surface area contributed by atoms with Crippen molar-refractivity contribution in [1.29, 1.82) is 0 Å². The summed E-state index contributed by atoms with van der Waals surface area (Å²) in [6.07, 6.45) is 3.04. The third kappa shape index (κ3) is 2.29. The summed E-state index contributed by atoms with van der Waals surface area (Å²) in [4.78, 5) is 4.02. The Balaban J connectivity index is 2.81. The molecule has 0 saturated carbocycles. The van der Waals surface area contributed by atoms with Crippen LogP contribution in [0, 0.1) is 0 Å². The molecule has 0 radical (unpaired) electrons. The third-order valence-corrected chi connectivity index (χ3v) is 1.68. The minimum absolute atomic E-state index is 0.436. The highest BCUT2D eigenvalue weighted by Gasteiger charge is 2.01. The highest BCUT2D eigenvalue weighted by atomic mass is 16.3. The summed E-state index contributed by atoms with van der Waals surface area (Å²) in [7, 11) is 1.88. The minimum Gasteiger partial charge on any atom is -0.389 e. The lowest BCUT2D eigenvalue weighted by Crippen LogP contribution is -2.06. The van der Waals surface area contributed by atoms with E-state index in [0.717, 1.165) is 17.7 Å². The van der Waals surface area contributed by atoms with Crippen molar-refractivity contribution in [3.05, 3.63) is 29.6 Å². The summed E-state index contributed by atoms with van der Waals surface area (Å²) in [6, 6.07) is 1.95. The summed E-state index contributed by atoms with van der Waals surface area (Å²) in [5.41, 5.74) is 1.96. The van der Waals surface area contributed by atoms with Crippen LogP contribution in [0.3, 0.4) is 0 Å². The van der Waals surface area contributed by atoms with Gasteiger partial charge >= 0.3 is 0 Å². The molecule has 1 aromatic rings. The average Bonchev–Trinajstić information content (AvgIpc) is 2.05. The Morgan fingerprint density at radius 3 is 2.92 bits per heavy atom. The second-order valence-corrected chi connectivity index (χ2v) is 2.83. The van der Waals surface area contributed by atoms with E-state index in [1.807, 2.05) is 13.1 Å². The van der Waals surface area contributed by atoms with E-state index in [9.17, 15) is 5.11 Å². The molecule has 1 heterocycles. The van der Waals surface area contributed by atoms with Crippen molar-refractivity contribution in [2.75, 3.05) is 7.05 Å². The van der Waals surface area contributed by atoms with Crippen LogP contribution in [-0.2, 0) is 6.54 Å². The number of hydrogen-bond donors (Lipinski definition) is 2. The van der Waals surface area contributed by atoms with Crippen molar-refractivity contribution in [3.8, 4) is 0 Å². The second kappa shape index (κ2) is 4.18. The molecule has 12 heavy (non-hydrogen) atoms. The molecule has 66 valence electrons. The lowest BCUT2D eigenvalue weighted by molar-refractivity contribution is 0.198. The predicted molar refractivity (Wildman–Crippen MR) is 47.6 cm³/mol. The first-order valence-electron chi connectivity index (χ1n) is 4.00. The molecule has 0 amide bonds. The fourth-order valence-corrected chi connectivity index (χ4v) is 1.04. The molecule has 0 aliphatic heterocycles. The Labute approximate surface area is 72.5 Å². The molecule has 0 saturated heterocycles. The Hall–Kier alpha value is -0.930. The van der Waals surface area contributed by atoms with E-state index in [1.165, 1.54) is 0 Å². The van der Waals surface area contributed by atoms with E-state index < -0.39 is 6.10 Å². The van der Waals surface area contributed by atoms with Crippen LogP contribution in [0.1, 0.15) is 24.2 Å². The van der Waals surface area contributed by atoms with Gasteiger partial charge in [0.15, 0.2) is 0 Å². The van der Waals surface area contributed by atoms with Gasteiger partial charge in [0.05, 0.1) is 6.10 Å². The van der Waals surface area contributed by atoms with Crippen LogP contribution in [0.25, 0.3) is 0 Å². The Kier molecular flexibility index (Phi) is 3.19. The minimum atomic E-state index is -0.436. The van der Waals surface area contributed by atoms with Gasteiger partial charge in [-0.1, -0.05) is 0 Å². The standard InChI is InChI=1S/C9H14N2O/c1-7(12)9-3-8(4-10-2)5-11-6-9/h3,5-7,10,12H,4H2,1-2H3/t7-/m1/s1. The Morgan fingerprint density at radius 2 is 2.33 bits per heavy atom. The topological polar surface area (TPSA) is 45.2 Å². The van der Waals surface area contributed by atoms with E-state index >= 15 is 0 Å². The first-order chi connectivity index (χ1) is 5.74. The molecule has 1 aromatic heterocycles. The normalized spacial score (nSPS) is 12.9. The van der Waals surface area contributed by atoms with Crippen LogP contribution in [0.2, 0.25) is 0 Å². The largest absolute Gasteiger partial charge is 0.389 e. The fourth-order valence-electron chi connectivity index (χ4n) is 1.04. The number of nitrogens with one attached hydrogen (secondary N) is 1. The van der Waals surface area contributed by atoms with Gasteiger partial charge in [-0.15, -0.1) is 0 Å². The number of hydrogen-bond acceptors (Lipinski definition) is 3. The Morgan fingerprint density at radius 1 is 1.58 bits per heavy atom. The van der Waals surface area contributed by atoms with Crippen molar-refractivity contribution in [2.45, 2.75) is 19.6 Å². The first kappa shape index (κ1) is 9.16. The average molecular weight is 166 g/mol. The highest BCUT2D eigenvalue weighted by Crippen LogP contribution is 2.11. The van der Waals surface area contributed by atoms with E-state index in [0.29, 0.717) is 0 Å². The van der Waals surface area contributed by atoms with Crippen LogP contribution in [0.5, 0.6) is 0 Å². The molecular formula is C9H14N2O. The summed E-state index contributed by atoms with van der Waals surface area (Å²) in [5.74, 6) is 0. The summed E-state index contributed by atoms with van der Waals surface area (Å²) >= 11 is 0. The number of pyridine rings is 1. The second-order valence-electron chi connectivity index (χ2n) is 2.83. The third-order valence-electron chi connectivity index (χ3n) is 1.68. The van der Waals surface area contributed by atoms with Gasteiger partial charge in [-0.3, -0.25) is 4.98 Å². The van der Waals surface area contributed by atoms with Gasteiger partial charge in [-0.2, -0.15) is 0 Å².